The van der Waals surface area contributed by atoms with Gasteiger partial charge in [0.05, 0.1) is 0 Å². The van der Waals surface area contributed by atoms with E-state index >= 15 is 0 Å². The van der Waals surface area contributed by atoms with E-state index in [0.29, 0.717) is 6.54 Å². The molecule has 0 unspecified atom stereocenters. The molecule has 0 atom stereocenters. The second-order valence-electron chi connectivity index (χ2n) is 3.77. The molecule has 90 valence electrons. The van der Waals surface area contributed by atoms with Gasteiger partial charge in [0.15, 0.2) is 5.82 Å². The monoisotopic (exact) mass is 233 g/mol. The fraction of sp³-hybridized carbons (Fsp3) is 0.400. The van der Waals surface area contributed by atoms with E-state index in [0.717, 1.165) is 23.6 Å². The number of anilines is 2. The molecule has 0 spiro atoms. The lowest BCUT2D eigenvalue weighted by atomic mass is 10.3. The summed E-state index contributed by atoms with van der Waals surface area (Å²) in [7, 11) is 1.85. The van der Waals surface area contributed by atoms with Crippen LogP contribution < -0.4 is 11.1 Å². The van der Waals surface area contributed by atoms with Crippen LogP contribution in [0.15, 0.2) is 12.5 Å². The summed E-state index contributed by atoms with van der Waals surface area (Å²) in [4.78, 5) is 12.2. The van der Waals surface area contributed by atoms with Crippen LogP contribution in [0.1, 0.15) is 11.4 Å². The van der Waals surface area contributed by atoms with Crippen LogP contribution in [-0.2, 0) is 13.5 Å². The molecule has 3 N–H and O–H groups in total. The lowest BCUT2D eigenvalue weighted by molar-refractivity contribution is 0.741. The quantitative estimate of drug-likeness (QED) is 0.780. The third kappa shape index (κ3) is 2.90. The van der Waals surface area contributed by atoms with Crippen molar-refractivity contribution in [1.29, 1.82) is 0 Å². The molecule has 0 aliphatic rings. The molecule has 7 nitrogen and oxygen atoms in total. The lowest BCUT2D eigenvalue weighted by Crippen LogP contribution is -2.10. The summed E-state index contributed by atoms with van der Waals surface area (Å²) in [6.45, 7) is 2.64. The van der Waals surface area contributed by atoms with Gasteiger partial charge in [-0.3, -0.25) is 4.68 Å². The second-order valence-corrected chi connectivity index (χ2v) is 3.77. The van der Waals surface area contributed by atoms with E-state index in [1.165, 1.54) is 0 Å². The van der Waals surface area contributed by atoms with E-state index in [1.54, 1.807) is 17.2 Å². The van der Waals surface area contributed by atoms with E-state index in [9.17, 15) is 0 Å². The van der Waals surface area contributed by atoms with Crippen molar-refractivity contribution in [3.63, 3.8) is 0 Å². The van der Waals surface area contributed by atoms with Crippen LogP contribution in [0.2, 0.25) is 0 Å². The van der Waals surface area contributed by atoms with Crippen molar-refractivity contribution in [3.8, 4) is 0 Å². The van der Waals surface area contributed by atoms with Gasteiger partial charge in [-0.2, -0.15) is 10.1 Å². The van der Waals surface area contributed by atoms with Gasteiger partial charge < -0.3 is 11.1 Å². The average Bonchev–Trinajstić information content (AvgIpc) is 2.69. The average molecular weight is 233 g/mol. The molecule has 7 heteroatoms. The number of nitrogen functional groups attached to an aromatic ring is 1. The Hall–Kier alpha value is -2.18. The first kappa shape index (κ1) is 11.3. The fourth-order valence-electron chi connectivity index (χ4n) is 1.43. The first-order valence-corrected chi connectivity index (χ1v) is 5.32. The van der Waals surface area contributed by atoms with Crippen LogP contribution in [0.4, 0.5) is 11.8 Å². The van der Waals surface area contributed by atoms with E-state index < -0.39 is 0 Å². The van der Waals surface area contributed by atoms with Gasteiger partial charge in [-0.1, -0.05) is 0 Å². The summed E-state index contributed by atoms with van der Waals surface area (Å²) in [5, 5.41) is 7.38. The molecule has 0 saturated carbocycles. The summed E-state index contributed by atoms with van der Waals surface area (Å²) in [5.74, 6) is 1.84. The third-order valence-electron chi connectivity index (χ3n) is 2.28. The van der Waals surface area contributed by atoms with E-state index in [2.05, 4.69) is 25.4 Å². The molecule has 0 radical (unpaired) electrons. The molecule has 0 amide bonds. The molecule has 2 rings (SSSR count). The minimum Gasteiger partial charge on any atom is -0.369 e. The molecule has 2 aromatic rings. The molecule has 0 aromatic carbocycles. The van der Waals surface area contributed by atoms with Gasteiger partial charge in [-0.25, -0.2) is 9.97 Å². The Morgan fingerprint density at radius 1 is 1.41 bits per heavy atom. The van der Waals surface area contributed by atoms with Crippen molar-refractivity contribution >= 4 is 11.8 Å². The van der Waals surface area contributed by atoms with E-state index in [4.69, 9.17) is 5.73 Å². The summed E-state index contributed by atoms with van der Waals surface area (Å²) in [5.41, 5.74) is 6.49. The van der Waals surface area contributed by atoms with Crippen molar-refractivity contribution in [2.45, 2.75) is 13.3 Å². The molecule has 0 aliphatic heterocycles. The zero-order chi connectivity index (χ0) is 12.3. The first-order chi connectivity index (χ1) is 8.15. The Labute approximate surface area is 99.1 Å². The molecule has 0 saturated heterocycles. The summed E-state index contributed by atoms with van der Waals surface area (Å²) < 4.78 is 1.68. The van der Waals surface area contributed by atoms with Crippen LogP contribution in [0, 0.1) is 6.92 Å². The highest BCUT2D eigenvalue weighted by Crippen LogP contribution is 2.10. The minimum atomic E-state index is 0.272. The number of aryl methyl sites for hydroxylation is 2. The van der Waals surface area contributed by atoms with Gasteiger partial charge in [-0.05, 0) is 6.92 Å². The number of rotatable bonds is 4. The molecular weight excluding hydrogens is 218 g/mol. The van der Waals surface area contributed by atoms with Gasteiger partial charge in [-0.15, -0.1) is 0 Å². The van der Waals surface area contributed by atoms with E-state index in [-0.39, 0.29) is 5.95 Å². The highest BCUT2D eigenvalue weighted by atomic mass is 15.3. The Morgan fingerprint density at radius 2 is 2.24 bits per heavy atom. The molecule has 0 fully saturated rings. The van der Waals surface area contributed by atoms with E-state index in [1.807, 2.05) is 14.0 Å². The normalized spacial score (nSPS) is 10.5. The summed E-state index contributed by atoms with van der Waals surface area (Å²) in [6, 6.07) is 0. The number of aromatic nitrogens is 5. The molecule has 17 heavy (non-hydrogen) atoms. The van der Waals surface area contributed by atoms with Crippen LogP contribution in [0.25, 0.3) is 0 Å². The standard InChI is InChI=1S/C10H15N7/c1-7-5-13-10(11)15-9(7)12-4-3-8-14-6-17(2)16-8/h5-6H,3-4H2,1-2H3,(H3,11,12,13,15). The smallest absolute Gasteiger partial charge is 0.221 e. The SMILES string of the molecule is Cc1cnc(N)nc1NCCc1ncn(C)n1. The van der Waals surface area contributed by atoms with Gasteiger partial charge in [0.2, 0.25) is 5.95 Å². The molecule has 0 bridgehead atoms. The second kappa shape index (κ2) is 4.77. The molecule has 2 heterocycles. The zero-order valence-corrected chi connectivity index (χ0v) is 9.88. The fourth-order valence-corrected chi connectivity index (χ4v) is 1.43. The maximum Gasteiger partial charge on any atom is 0.221 e. The maximum atomic E-state index is 5.52. The molecular formula is C10H15N7. The molecule has 0 aliphatic carbocycles. The van der Waals surface area contributed by atoms with Gasteiger partial charge in [0.1, 0.15) is 12.1 Å². The van der Waals surface area contributed by atoms with Crippen LogP contribution >= 0.6 is 0 Å². The Balaban J connectivity index is 1.91. The van der Waals surface area contributed by atoms with Crippen LogP contribution in [-0.4, -0.2) is 31.3 Å². The highest BCUT2D eigenvalue weighted by molar-refractivity contribution is 5.44. The Kier molecular flexibility index (Phi) is 3.17. The van der Waals surface area contributed by atoms with Crippen molar-refractivity contribution in [2.75, 3.05) is 17.6 Å². The topological polar surface area (TPSA) is 94.5 Å². The van der Waals surface area contributed by atoms with Crippen LogP contribution in [0.3, 0.4) is 0 Å². The minimum absolute atomic E-state index is 0.272. The zero-order valence-electron chi connectivity index (χ0n) is 9.88. The largest absolute Gasteiger partial charge is 0.369 e. The Bertz CT molecular complexity index is 505. The summed E-state index contributed by atoms with van der Waals surface area (Å²) >= 11 is 0. The summed E-state index contributed by atoms with van der Waals surface area (Å²) in [6.07, 6.45) is 4.12. The van der Waals surface area contributed by atoms with Gasteiger partial charge in [0, 0.05) is 31.8 Å². The van der Waals surface area contributed by atoms with Crippen molar-refractivity contribution in [3.05, 3.63) is 23.9 Å². The number of hydrogen-bond acceptors (Lipinski definition) is 6. The number of hydrogen-bond donors (Lipinski definition) is 2. The van der Waals surface area contributed by atoms with Gasteiger partial charge >= 0.3 is 0 Å². The van der Waals surface area contributed by atoms with Crippen molar-refractivity contribution in [1.82, 2.24) is 24.7 Å². The maximum absolute atomic E-state index is 5.52. The third-order valence-corrected chi connectivity index (χ3v) is 2.28. The number of nitrogens with one attached hydrogen (secondary N) is 1. The number of nitrogens with zero attached hydrogens (tertiary/aromatic N) is 5. The number of nitrogens with two attached hydrogens (primary N) is 1. The first-order valence-electron chi connectivity index (χ1n) is 5.32. The Morgan fingerprint density at radius 3 is 2.94 bits per heavy atom. The predicted octanol–water partition coefficient (Wildman–Crippen LogP) is 0.150. The molecule has 2 aromatic heterocycles. The predicted molar refractivity (Wildman–Crippen MR) is 64.4 cm³/mol. The van der Waals surface area contributed by atoms with Crippen molar-refractivity contribution < 1.29 is 0 Å². The highest BCUT2D eigenvalue weighted by Gasteiger charge is 2.02. The lowest BCUT2D eigenvalue weighted by Gasteiger charge is -2.07. The van der Waals surface area contributed by atoms with Crippen LogP contribution in [0.5, 0.6) is 0 Å². The van der Waals surface area contributed by atoms with Gasteiger partial charge in [0.25, 0.3) is 0 Å². The van der Waals surface area contributed by atoms with Crippen molar-refractivity contribution in [2.24, 2.45) is 7.05 Å².